The molecular weight excluding hydrogens is 202 g/mol. The zero-order valence-corrected chi connectivity index (χ0v) is 10.8. The number of fused-ring (bicyclic) bond motifs is 1. The third kappa shape index (κ3) is 3.39. The van der Waals surface area contributed by atoms with Gasteiger partial charge in [-0.05, 0) is 37.4 Å². The lowest BCUT2D eigenvalue weighted by Crippen LogP contribution is -2.39. The van der Waals surface area contributed by atoms with Gasteiger partial charge in [-0.2, -0.15) is 11.8 Å². The van der Waals surface area contributed by atoms with E-state index in [0.717, 1.165) is 17.9 Å². The van der Waals surface area contributed by atoms with Gasteiger partial charge in [-0.25, -0.2) is 0 Å². The first-order valence-corrected chi connectivity index (χ1v) is 8.02. The van der Waals surface area contributed by atoms with E-state index in [1.54, 1.807) is 0 Å². The molecule has 0 aromatic carbocycles. The Morgan fingerprint density at radius 1 is 1.07 bits per heavy atom. The van der Waals surface area contributed by atoms with Gasteiger partial charge >= 0.3 is 0 Å². The summed E-state index contributed by atoms with van der Waals surface area (Å²) < 4.78 is 0. The zero-order chi connectivity index (χ0) is 10.5. The molecule has 2 aliphatic rings. The smallest absolute Gasteiger partial charge is 0.00702 e. The summed E-state index contributed by atoms with van der Waals surface area (Å²) in [5.41, 5.74) is 0. The third-order valence-corrected chi connectivity index (χ3v) is 4.89. The number of hydrogen-bond donors (Lipinski definition) is 1. The maximum absolute atomic E-state index is 3.73. The van der Waals surface area contributed by atoms with Gasteiger partial charge in [0, 0.05) is 18.3 Å². The molecule has 0 aromatic heterocycles. The quantitative estimate of drug-likeness (QED) is 0.740. The Hall–Kier alpha value is 0.310. The molecule has 0 aliphatic heterocycles. The van der Waals surface area contributed by atoms with Crippen molar-refractivity contribution in [3.63, 3.8) is 0 Å². The van der Waals surface area contributed by atoms with Crippen molar-refractivity contribution in [1.29, 1.82) is 0 Å². The number of hydrogen-bond acceptors (Lipinski definition) is 2. The Balaban J connectivity index is 1.71. The first kappa shape index (κ1) is 11.8. The molecule has 2 fully saturated rings. The van der Waals surface area contributed by atoms with Gasteiger partial charge < -0.3 is 5.32 Å². The summed E-state index contributed by atoms with van der Waals surface area (Å²) in [5, 5.41) is 3.73. The van der Waals surface area contributed by atoms with Gasteiger partial charge in [-0.3, -0.25) is 0 Å². The minimum Gasteiger partial charge on any atom is -0.313 e. The van der Waals surface area contributed by atoms with Crippen LogP contribution in [-0.2, 0) is 0 Å². The van der Waals surface area contributed by atoms with Crippen molar-refractivity contribution in [1.82, 2.24) is 5.32 Å². The van der Waals surface area contributed by atoms with Gasteiger partial charge in [0.25, 0.3) is 0 Å². The van der Waals surface area contributed by atoms with Gasteiger partial charge in [0.05, 0.1) is 0 Å². The molecule has 0 spiro atoms. The van der Waals surface area contributed by atoms with Crippen LogP contribution < -0.4 is 5.32 Å². The molecule has 88 valence electrons. The second-order valence-electron chi connectivity index (χ2n) is 5.26. The highest BCUT2D eigenvalue weighted by molar-refractivity contribution is 7.98. The van der Waals surface area contributed by atoms with E-state index in [2.05, 4.69) is 11.6 Å². The van der Waals surface area contributed by atoms with Gasteiger partial charge in [0.15, 0.2) is 0 Å². The van der Waals surface area contributed by atoms with Crippen molar-refractivity contribution in [2.45, 2.75) is 51.0 Å². The molecule has 0 radical (unpaired) electrons. The van der Waals surface area contributed by atoms with Gasteiger partial charge in [-0.1, -0.05) is 25.7 Å². The molecular formula is C13H25NS. The van der Waals surface area contributed by atoms with E-state index in [4.69, 9.17) is 0 Å². The van der Waals surface area contributed by atoms with Crippen molar-refractivity contribution >= 4 is 11.8 Å². The molecule has 0 aromatic rings. The molecule has 15 heavy (non-hydrogen) atoms. The molecule has 2 saturated carbocycles. The summed E-state index contributed by atoms with van der Waals surface area (Å²) >= 11 is 1.95. The van der Waals surface area contributed by atoms with Crippen molar-refractivity contribution in [3.8, 4) is 0 Å². The molecule has 3 atom stereocenters. The summed E-state index contributed by atoms with van der Waals surface area (Å²) in [5.74, 6) is 3.43. The van der Waals surface area contributed by atoms with Gasteiger partial charge in [0.2, 0.25) is 0 Å². The predicted molar refractivity (Wildman–Crippen MR) is 69.5 cm³/mol. The molecule has 2 aliphatic carbocycles. The first-order chi connectivity index (χ1) is 7.40. The minimum atomic E-state index is 0.844. The monoisotopic (exact) mass is 227 g/mol. The second kappa shape index (κ2) is 6.15. The van der Waals surface area contributed by atoms with Crippen LogP contribution in [0.3, 0.4) is 0 Å². The van der Waals surface area contributed by atoms with E-state index < -0.39 is 0 Å². The summed E-state index contributed by atoms with van der Waals surface area (Å²) in [6.45, 7) is 1.21. The van der Waals surface area contributed by atoms with Crippen molar-refractivity contribution in [2.24, 2.45) is 11.8 Å². The number of rotatable bonds is 4. The average molecular weight is 227 g/mol. The summed E-state index contributed by atoms with van der Waals surface area (Å²) in [6, 6.07) is 0.844. The van der Waals surface area contributed by atoms with Crippen molar-refractivity contribution < 1.29 is 0 Å². The van der Waals surface area contributed by atoms with Crippen LogP contribution in [0.25, 0.3) is 0 Å². The first-order valence-electron chi connectivity index (χ1n) is 6.62. The summed E-state index contributed by atoms with van der Waals surface area (Å²) in [6.07, 6.45) is 12.7. The summed E-state index contributed by atoms with van der Waals surface area (Å²) in [7, 11) is 0. The third-order valence-electron chi connectivity index (χ3n) is 4.28. The SMILES string of the molecule is CSCCNC1CCC2CCCCC2C1. The maximum atomic E-state index is 3.73. The highest BCUT2D eigenvalue weighted by atomic mass is 32.2. The summed E-state index contributed by atoms with van der Waals surface area (Å²) in [4.78, 5) is 0. The zero-order valence-electron chi connectivity index (χ0n) is 10.0. The lowest BCUT2D eigenvalue weighted by atomic mass is 9.69. The normalized spacial score (nSPS) is 36.2. The fourth-order valence-electron chi connectivity index (χ4n) is 3.42. The maximum Gasteiger partial charge on any atom is 0.00702 e. The molecule has 3 unspecified atom stereocenters. The Bertz CT molecular complexity index is 181. The Kier molecular flexibility index (Phi) is 4.83. The van der Waals surface area contributed by atoms with E-state index in [0.29, 0.717) is 0 Å². The topological polar surface area (TPSA) is 12.0 Å². The van der Waals surface area contributed by atoms with Crippen LogP contribution in [0.15, 0.2) is 0 Å². The van der Waals surface area contributed by atoms with E-state index in [1.165, 1.54) is 57.2 Å². The standard InChI is InChI=1S/C13H25NS/c1-15-9-8-14-13-7-6-11-4-2-3-5-12(11)10-13/h11-14H,2-10H2,1H3. The van der Waals surface area contributed by atoms with Crippen LogP contribution in [0, 0.1) is 11.8 Å². The van der Waals surface area contributed by atoms with Crippen LogP contribution >= 0.6 is 11.8 Å². The highest BCUT2D eigenvalue weighted by Crippen LogP contribution is 2.40. The minimum absolute atomic E-state index is 0.844. The fourth-order valence-corrected chi connectivity index (χ4v) is 3.75. The molecule has 1 nitrogen and oxygen atoms in total. The molecule has 0 amide bonds. The van der Waals surface area contributed by atoms with Crippen LogP contribution in [0.1, 0.15) is 44.9 Å². The fraction of sp³-hybridized carbons (Fsp3) is 1.00. The Morgan fingerprint density at radius 2 is 1.87 bits per heavy atom. The van der Waals surface area contributed by atoms with Crippen molar-refractivity contribution in [2.75, 3.05) is 18.6 Å². The van der Waals surface area contributed by atoms with Gasteiger partial charge in [0.1, 0.15) is 0 Å². The van der Waals surface area contributed by atoms with E-state index in [-0.39, 0.29) is 0 Å². The van der Waals surface area contributed by atoms with Gasteiger partial charge in [-0.15, -0.1) is 0 Å². The predicted octanol–water partition coefficient (Wildman–Crippen LogP) is 3.30. The molecule has 2 rings (SSSR count). The molecule has 0 heterocycles. The van der Waals surface area contributed by atoms with E-state index in [1.807, 2.05) is 11.8 Å². The molecule has 0 bridgehead atoms. The largest absolute Gasteiger partial charge is 0.313 e. The second-order valence-corrected chi connectivity index (χ2v) is 6.25. The molecule has 0 saturated heterocycles. The average Bonchev–Trinajstić information content (AvgIpc) is 2.29. The van der Waals surface area contributed by atoms with Crippen molar-refractivity contribution in [3.05, 3.63) is 0 Å². The molecule has 1 N–H and O–H groups in total. The Morgan fingerprint density at radius 3 is 2.67 bits per heavy atom. The van der Waals surface area contributed by atoms with Crippen LogP contribution in [0.4, 0.5) is 0 Å². The number of thioether (sulfide) groups is 1. The van der Waals surface area contributed by atoms with Crippen LogP contribution in [0.5, 0.6) is 0 Å². The number of nitrogens with one attached hydrogen (secondary N) is 1. The van der Waals surface area contributed by atoms with Crippen LogP contribution in [0.2, 0.25) is 0 Å². The Labute approximate surface area is 98.8 Å². The van der Waals surface area contributed by atoms with E-state index in [9.17, 15) is 0 Å². The lowest BCUT2D eigenvalue weighted by molar-refractivity contribution is 0.145. The van der Waals surface area contributed by atoms with E-state index >= 15 is 0 Å². The highest BCUT2D eigenvalue weighted by Gasteiger charge is 2.31. The molecule has 2 heteroatoms. The van der Waals surface area contributed by atoms with Crippen LogP contribution in [-0.4, -0.2) is 24.6 Å². The lowest BCUT2D eigenvalue weighted by Gasteiger charge is -2.39.